The number of nitrogens with one attached hydrogen (secondary N) is 1. The third kappa shape index (κ3) is 4.51. The van der Waals surface area contributed by atoms with Crippen LogP contribution in [0.4, 0.5) is 0 Å². The molecule has 1 aromatic heterocycles. The predicted molar refractivity (Wildman–Crippen MR) is 84.0 cm³/mol. The molecule has 2 rings (SSSR count). The van der Waals surface area contributed by atoms with Crippen LogP contribution >= 0.6 is 27.3 Å². The maximum atomic E-state index is 12.2. The topological polar surface area (TPSA) is 69.6 Å². The zero-order chi connectivity index (χ0) is 14.6. The molecule has 20 heavy (non-hydrogen) atoms. The van der Waals surface area contributed by atoms with Crippen LogP contribution < -0.4 is 4.72 Å². The fourth-order valence-electron chi connectivity index (χ4n) is 2.27. The van der Waals surface area contributed by atoms with Crippen molar-refractivity contribution < 1.29 is 13.5 Å². The molecule has 1 saturated heterocycles. The molecule has 8 heteroatoms. The monoisotopic (exact) mass is 382 g/mol. The molecule has 1 aliphatic heterocycles. The molecule has 5 nitrogen and oxygen atoms in total. The molecule has 2 N–H and O–H groups in total. The molecular weight excluding hydrogens is 364 g/mol. The highest BCUT2D eigenvalue weighted by atomic mass is 79.9. The number of halogens is 1. The van der Waals surface area contributed by atoms with Crippen LogP contribution in [-0.2, 0) is 16.6 Å². The summed E-state index contributed by atoms with van der Waals surface area (Å²) in [6.07, 6.45) is 2.39. The lowest BCUT2D eigenvalue weighted by Gasteiger charge is -2.30. The summed E-state index contributed by atoms with van der Waals surface area (Å²) in [6.45, 7) is 1.40. The normalized spacial score (nSPS) is 21.2. The Balaban J connectivity index is 1.84. The van der Waals surface area contributed by atoms with Crippen LogP contribution in [0.5, 0.6) is 0 Å². The fourth-order valence-corrected chi connectivity index (χ4v) is 5.08. The molecule has 0 bridgehead atoms. The van der Waals surface area contributed by atoms with Crippen molar-refractivity contribution in [3.8, 4) is 0 Å². The molecule has 0 radical (unpaired) electrons. The van der Waals surface area contributed by atoms with Gasteiger partial charge in [-0.15, -0.1) is 11.3 Å². The first kappa shape index (κ1) is 16.4. The van der Waals surface area contributed by atoms with Gasteiger partial charge in [-0.25, -0.2) is 4.72 Å². The Hall–Kier alpha value is 0.01000. The average Bonchev–Trinajstić information content (AvgIpc) is 2.84. The van der Waals surface area contributed by atoms with Crippen molar-refractivity contribution in [3.63, 3.8) is 0 Å². The number of aliphatic hydroxyl groups excluding tert-OH is 1. The highest BCUT2D eigenvalue weighted by molar-refractivity contribution is 9.11. The number of thiophene rings is 1. The summed E-state index contributed by atoms with van der Waals surface area (Å²) >= 11 is 5.00. The van der Waals surface area contributed by atoms with Gasteiger partial charge in [0, 0.05) is 31.1 Å². The molecule has 0 aromatic carbocycles. The van der Waals surface area contributed by atoms with E-state index in [0.29, 0.717) is 26.1 Å². The minimum absolute atomic E-state index is 0.0508. The Labute approximate surface area is 132 Å². The standard InChI is InChI=1S/C12H19BrN2O3S2/c13-12-4-3-11(19-12)5-6-14-20(17,18)15-7-1-2-10(8-15)9-16/h3-4,10,14,16H,1-2,5-9H2. The molecule has 1 aromatic rings. The summed E-state index contributed by atoms with van der Waals surface area (Å²) in [6, 6.07) is 3.96. The highest BCUT2D eigenvalue weighted by Crippen LogP contribution is 2.22. The van der Waals surface area contributed by atoms with E-state index in [4.69, 9.17) is 5.11 Å². The van der Waals surface area contributed by atoms with E-state index in [1.165, 1.54) is 4.31 Å². The van der Waals surface area contributed by atoms with E-state index in [2.05, 4.69) is 20.7 Å². The molecule has 0 spiro atoms. The molecule has 2 heterocycles. The van der Waals surface area contributed by atoms with E-state index in [-0.39, 0.29) is 12.5 Å². The van der Waals surface area contributed by atoms with E-state index in [1.807, 2.05) is 12.1 Å². The third-order valence-electron chi connectivity index (χ3n) is 3.36. The van der Waals surface area contributed by atoms with E-state index in [0.717, 1.165) is 21.5 Å². The number of nitrogens with zero attached hydrogens (tertiary/aromatic N) is 1. The maximum absolute atomic E-state index is 12.2. The van der Waals surface area contributed by atoms with Gasteiger partial charge in [-0.2, -0.15) is 12.7 Å². The number of hydrogen-bond donors (Lipinski definition) is 2. The van der Waals surface area contributed by atoms with Gasteiger partial charge in [-0.05, 0) is 53.2 Å². The largest absolute Gasteiger partial charge is 0.396 e. The Morgan fingerprint density at radius 3 is 2.95 bits per heavy atom. The molecule has 1 fully saturated rings. The van der Waals surface area contributed by atoms with E-state index in [1.54, 1.807) is 11.3 Å². The first-order valence-electron chi connectivity index (χ1n) is 6.61. The summed E-state index contributed by atoms with van der Waals surface area (Å²) in [5.74, 6) is 0.0635. The summed E-state index contributed by atoms with van der Waals surface area (Å²) in [4.78, 5) is 1.14. The second-order valence-electron chi connectivity index (χ2n) is 4.90. The van der Waals surface area contributed by atoms with Crippen LogP contribution in [0.1, 0.15) is 17.7 Å². The number of rotatable bonds is 6. The number of hydrogen-bond acceptors (Lipinski definition) is 4. The van der Waals surface area contributed by atoms with Gasteiger partial charge in [0.25, 0.3) is 10.2 Å². The SMILES string of the molecule is O=S(=O)(NCCc1ccc(Br)s1)N1CCCC(CO)C1. The molecule has 1 atom stereocenters. The zero-order valence-corrected chi connectivity index (χ0v) is 14.3. The average molecular weight is 383 g/mol. The summed E-state index contributed by atoms with van der Waals surface area (Å²) in [7, 11) is -3.42. The molecule has 114 valence electrons. The van der Waals surface area contributed by atoms with Gasteiger partial charge in [0.2, 0.25) is 0 Å². The van der Waals surface area contributed by atoms with Crippen LogP contribution in [0.25, 0.3) is 0 Å². The van der Waals surface area contributed by atoms with Crippen molar-refractivity contribution >= 4 is 37.5 Å². The number of piperidine rings is 1. The Bertz CT molecular complexity index is 533. The van der Waals surface area contributed by atoms with Crippen LogP contribution in [0.2, 0.25) is 0 Å². The first-order valence-corrected chi connectivity index (χ1v) is 9.66. The van der Waals surface area contributed by atoms with Gasteiger partial charge in [0.1, 0.15) is 0 Å². The minimum Gasteiger partial charge on any atom is -0.396 e. The molecule has 0 aliphatic carbocycles. The predicted octanol–water partition coefficient (Wildman–Crippen LogP) is 1.59. The van der Waals surface area contributed by atoms with Crippen LogP contribution in [-0.4, -0.2) is 44.1 Å². The van der Waals surface area contributed by atoms with Crippen LogP contribution in [0.3, 0.4) is 0 Å². The molecule has 0 amide bonds. The van der Waals surface area contributed by atoms with Crippen molar-refractivity contribution in [1.29, 1.82) is 0 Å². The second-order valence-corrected chi connectivity index (χ2v) is 9.21. The number of aliphatic hydroxyl groups is 1. The smallest absolute Gasteiger partial charge is 0.279 e. The Morgan fingerprint density at radius 2 is 2.30 bits per heavy atom. The molecule has 1 aliphatic rings. The highest BCUT2D eigenvalue weighted by Gasteiger charge is 2.28. The Kier molecular flexibility index (Phi) is 6.00. The lowest BCUT2D eigenvalue weighted by molar-refractivity contribution is 0.165. The van der Waals surface area contributed by atoms with Crippen molar-refractivity contribution in [2.75, 3.05) is 26.2 Å². The third-order valence-corrected chi connectivity index (χ3v) is 6.63. The Morgan fingerprint density at radius 1 is 1.50 bits per heavy atom. The van der Waals surface area contributed by atoms with Gasteiger partial charge in [-0.3, -0.25) is 0 Å². The van der Waals surface area contributed by atoms with Crippen LogP contribution in [0, 0.1) is 5.92 Å². The van der Waals surface area contributed by atoms with Crippen molar-refractivity contribution in [2.45, 2.75) is 19.3 Å². The van der Waals surface area contributed by atoms with E-state index >= 15 is 0 Å². The van der Waals surface area contributed by atoms with Crippen LogP contribution in [0.15, 0.2) is 15.9 Å². The second kappa shape index (κ2) is 7.33. The van der Waals surface area contributed by atoms with Gasteiger partial charge in [-0.1, -0.05) is 0 Å². The molecule has 0 saturated carbocycles. The zero-order valence-electron chi connectivity index (χ0n) is 11.1. The first-order chi connectivity index (χ1) is 9.51. The van der Waals surface area contributed by atoms with Gasteiger partial charge in [0.15, 0.2) is 0 Å². The lowest BCUT2D eigenvalue weighted by atomic mass is 10.0. The molecule has 1 unspecified atom stereocenters. The summed E-state index contributed by atoms with van der Waals surface area (Å²) in [5, 5.41) is 9.16. The van der Waals surface area contributed by atoms with E-state index in [9.17, 15) is 8.42 Å². The maximum Gasteiger partial charge on any atom is 0.279 e. The lowest BCUT2D eigenvalue weighted by Crippen LogP contribution is -2.47. The summed E-state index contributed by atoms with van der Waals surface area (Å²) in [5.41, 5.74) is 0. The quantitative estimate of drug-likeness (QED) is 0.784. The van der Waals surface area contributed by atoms with E-state index < -0.39 is 10.2 Å². The minimum atomic E-state index is -3.42. The fraction of sp³-hybridized carbons (Fsp3) is 0.667. The van der Waals surface area contributed by atoms with Gasteiger partial charge < -0.3 is 5.11 Å². The van der Waals surface area contributed by atoms with Gasteiger partial charge in [0.05, 0.1) is 3.79 Å². The summed E-state index contributed by atoms with van der Waals surface area (Å²) < 4.78 is 29.5. The van der Waals surface area contributed by atoms with Crippen molar-refractivity contribution in [2.24, 2.45) is 5.92 Å². The van der Waals surface area contributed by atoms with Crippen molar-refractivity contribution in [1.82, 2.24) is 9.03 Å². The molecular formula is C12H19BrN2O3S2. The van der Waals surface area contributed by atoms with Crippen molar-refractivity contribution in [3.05, 3.63) is 20.8 Å². The van der Waals surface area contributed by atoms with Gasteiger partial charge >= 0.3 is 0 Å².